The molecule has 4 aliphatic carbocycles. The van der Waals surface area contributed by atoms with Crippen LogP contribution in [0, 0.1) is 23.7 Å². The molecule has 0 amide bonds. The fraction of sp³-hybridized carbons (Fsp3) is 0.226. The lowest BCUT2D eigenvalue weighted by Crippen LogP contribution is -2.49. The fourth-order valence-electron chi connectivity index (χ4n) is 13.9. The Morgan fingerprint density at radius 3 is 1.97 bits per heavy atom. The Labute approximate surface area is 377 Å². The summed E-state index contributed by atoms with van der Waals surface area (Å²) in [6.07, 6.45) is 5.33. The molecule has 13 rings (SSSR count). The van der Waals surface area contributed by atoms with E-state index < -0.39 is 0 Å². The van der Waals surface area contributed by atoms with Crippen LogP contribution in [0.5, 0.6) is 0 Å². The van der Waals surface area contributed by atoms with Gasteiger partial charge in [0.25, 0.3) is 0 Å². The van der Waals surface area contributed by atoms with Gasteiger partial charge in [-0.25, -0.2) is 0 Å². The van der Waals surface area contributed by atoms with E-state index in [1.807, 2.05) is 6.07 Å². The molecule has 0 N–H and O–H groups in total. The smallest absolute Gasteiger partial charge is 0.136 e. The lowest BCUT2D eigenvalue weighted by molar-refractivity contribution is 0.0426. The van der Waals surface area contributed by atoms with Crippen LogP contribution in [0.4, 0.5) is 17.1 Å². The van der Waals surface area contributed by atoms with E-state index in [0.29, 0.717) is 11.8 Å². The minimum absolute atomic E-state index is 0.0110. The van der Waals surface area contributed by atoms with Crippen molar-refractivity contribution in [2.45, 2.75) is 64.2 Å². The quantitative estimate of drug-likeness (QED) is 0.172. The Hall–Kier alpha value is -6.64. The molecular weight excluding hydrogens is 775 g/mol. The largest absolute Gasteiger partial charge is 0.456 e. The summed E-state index contributed by atoms with van der Waals surface area (Å²) in [6, 6.07) is 66.2. The van der Waals surface area contributed by atoms with E-state index in [-0.39, 0.29) is 10.8 Å². The highest BCUT2D eigenvalue weighted by Crippen LogP contribution is 2.66. The van der Waals surface area contributed by atoms with Gasteiger partial charge in [-0.2, -0.15) is 0 Å². The molecule has 64 heavy (non-hydrogen) atoms. The van der Waals surface area contributed by atoms with Crippen molar-refractivity contribution >= 4 is 39.0 Å². The predicted molar refractivity (Wildman–Crippen MR) is 267 cm³/mol. The molecule has 2 nitrogen and oxygen atoms in total. The van der Waals surface area contributed by atoms with Crippen molar-refractivity contribution < 1.29 is 4.42 Å². The van der Waals surface area contributed by atoms with Gasteiger partial charge in [-0.3, -0.25) is 0 Å². The molecule has 1 spiro atoms. The molecule has 0 radical (unpaired) electrons. The van der Waals surface area contributed by atoms with E-state index in [1.54, 1.807) is 11.1 Å². The van der Waals surface area contributed by atoms with Gasteiger partial charge < -0.3 is 9.32 Å². The Balaban J connectivity index is 1.00. The Morgan fingerprint density at radius 2 is 1.12 bits per heavy atom. The lowest BCUT2D eigenvalue weighted by Gasteiger charge is -2.54. The molecular formula is C62H53NO. The topological polar surface area (TPSA) is 16.4 Å². The Morgan fingerprint density at radius 1 is 0.484 bits per heavy atom. The number of nitrogens with zero attached hydrogens (tertiary/aromatic N) is 1. The van der Waals surface area contributed by atoms with Gasteiger partial charge in [0.1, 0.15) is 11.2 Å². The van der Waals surface area contributed by atoms with E-state index in [0.717, 1.165) is 39.5 Å². The van der Waals surface area contributed by atoms with Crippen molar-refractivity contribution in [3.63, 3.8) is 0 Å². The highest BCUT2D eigenvalue weighted by Gasteiger charge is 2.57. The molecule has 5 atom stereocenters. The molecule has 1 unspecified atom stereocenters. The van der Waals surface area contributed by atoms with Gasteiger partial charge in [0.05, 0.1) is 5.69 Å². The van der Waals surface area contributed by atoms with E-state index in [2.05, 4.69) is 202 Å². The lowest BCUT2D eigenvalue weighted by atomic mass is 9.49. The molecule has 9 aromatic rings. The highest BCUT2D eigenvalue weighted by molar-refractivity contribution is 6.13. The van der Waals surface area contributed by atoms with Crippen molar-refractivity contribution in [2.24, 2.45) is 23.7 Å². The Bertz CT molecular complexity index is 3330. The zero-order chi connectivity index (χ0) is 42.9. The number of hydrogen-bond donors (Lipinski definition) is 0. The van der Waals surface area contributed by atoms with Gasteiger partial charge in [-0.05, 0) is 153 Å². The molecule has 2 saturated carbocycles. The van der Waals surface area contributed by atoms with Crippen molar-refractivity contribution in [1.29, 1.82) is 0 Å². The number of rotatable bonds is 5. The van der Waals surface area contributed by atoms with Crippen molar-refractivity contribution in [3.8, 4) is 44.5 Å². The minimum Gasteiger partial charge on any atom is -0.456 e. The standard InChI is InChI=1S/C62H53NO/c1-38-33-40-35-39(2)62(42(34-38)36-40)53-22-11-8-18-50(53)60-54(62)23-14-24-56(60)63(44-31-32-48-47-17-7-10-21-52(47)61(3,4)55(48)37-44)43-29-27-41(28-30-43)45-15-5-6-16-46(45)49-20-13-26-58-59(49)51-19-9-12-25-57(51)64-58/h5-32,37-40,42H,33-36H2,1-4H3/t38-,39+,40-,42-,62?/m0/s1. The van der Waals surface area contributed by atoms with Gasteiger partial charge in [-0.1, -0.05) is 161 Å². The van der Waals surface area contributed by atoms with Crippen LogP contribution in [0.2, 0.25) is 0 Å². The number of para-hydroxylation sites is 1. The molecule has 1 heterocycles. The average molecular weight is 828 g/mol. The molecule has 8 aromatic carbocycles. The monoisotopic (exact) mass is 827 g/mol. The van der Waals surface area contributed by atoms with Crippen molar-refractivity contribution in [1.82, 2.24) is 0 Å². The molecule has 0 saturated heterocycles. The van der Waals surface area contributed by atoms with Crippen LogP contribution >= 0.6 is 0 Å². The third-order valence-electron chi connectivity index (χ3n) is 16.4. The summed E-state index contributed by atoms with van der Waals surface area (Å²) in [5, 5.41) is 2.31. The second kappa shape index (κ2) is 13.9. The number of anilines is 3. The Kier molecular flexibility index (Phi) is 8.24. The normalized spacial score (nSPS) is 22.3. The first-order chi connectivity index (χ1) is 31.3. The zero-order valence-electron chi connectivity index (χ0n) is 37.2. The summed E-state index contributed by atoms with van der Waals surface area (Å²) < 4.78 is 6.36. The maximum absolute atomic E-state index is 6.36. The van der Waals surface area contributed by atoms with Crippen LogP contribution in [0.3, 0.4) is 0 Å². The molecule has 4 aliphatic rings. The fourth-order valence-corrected chi connectivity index (χ4v) is 13.9. The summed E-state index contributed by atoms with van der Waals surface area (Å²) in [5.74, 6) is 2.80. The first-order valence-electron chi connectivity index (χ1n) is 23.7. The summed E-state index contributed by atoms with van der Waals surface area (Å²) in [7, 11) is 0. The molecule has 0 aliphatic heterocycles. The molecule has 2 bridgehead atoms. The molecule has 2 heteroatoms. The molecule has 2 fully saturated rings. The first-order valence-corrected chi connectivity index (χ1v) is 23.7. The van der Waals surface area contributed by atoms with Gasteiger partial charge in [-0.15, -0.1) is 0 Å². The van der Waals surface area contributed by atoms with Gasteiger partial charge in [0, 0.05) is 38.5 Å². The number of benzene rings is 8. The predicted octanol–water partition coefficient (Wildman–Crippen LogP) is 17.1. The number of hydrogen-bond acceptors (Lipinski definition) is 2. The second-order valence-corrected chi connectivity index (χ2v) is 20.2. The highest BCUT2D eigenvalue weighted by atomic mass is 16.3. The van der Waals surface area contributed by atoms with E-state index >= 15 is 0 Å². The van der Waals surface area contributed by atoms with Crippen LogP contribution < -0.4 is 4.90 Å². The third kappa shape index (κ3) is 5.26. The maximum atomic E-state index is 6.36. The van der Waals surface area contributed by atoms with Crippen LogP contribution in [0.25, 0.3) is 66.4 Å². The van der Waals surface area contributed by atoms with Gasteiger partial charge in [0.15, 0.2) is 0 Å². The van der Waals surface area contributed by atoms with Crippen molar-refractivity contribution in [2.75, 3.05) is 4.90 Å². The minimum atomic E-state index is -0.120. The van der Waals surface area contributed by atoms with E-state index in [1.165, 1.54) is 92.7 Å². The SMILES string of the molecule is C[C@H]1C[C@@H]2C[C@H](C1)C1(c3ccccc3-c3c(N(c4ccc(-c5ccccc5-c5cccc6oc7ccccc7c56)cc4)c4ccc5c(c4)C(C)(C)c4ccccc4-5)cccc31)[C@H](C)C2. The van der Waals surface area contributed by atoms with Crippen LogP contribution in [-0.2, 0) is 10.8 Å². The number of fused-ring (bicyclic) bond motifs is 14. The summed E-state index contributed by atoms with van der Waals surface area (Å²) in [5.41, 5.74) is 21.5. The van der Waals surface area contributed by atoms with Gasteiger partial charge in [0.2, 0.25) is 0 Å². The number of furan rings is 1. The second-order valence-electron chi connectivity index (χ2n) is 20.2. The first kappa shape index (κ1) is 37.9. The van der Waals surface area contributed by atoms with Crippen LogP contribution in [0.1, 0.15) is 75.6 Å². The van der Waals surface area contributed by atoms with E-state index in [4.69, 9.17) is 4.42 Å². The van der Waals surface area contributed by atoms with Crippen LogP contribution in [0.15, 0.2) is 180 Å². The third-order valence-corrected chi connectivity index (χ3v) is 16.4. The van der Waals surface area contributed by atoms with Crippen molar-refractivity contribution in [3.05, 3.63) is 198 Å². The summed E-state index contributed by atoms with van der Waals surface area (Å²) in [6.45, 7) is 9.89. The zero-order valence-corrected chi connectivity index (χ0v) is 37.2. The summed E-state index contributed by atoms with van der Waals surface area (Å²) >= 11 is 0. The summed E-state index contributed by atoms with van der Waals surface area (Å²) in [4.78, 5) is 2.59. The van der Waals surface area contributed by atoms with Crippen LogP contribution in [-0.4, -0.2) is 0 Å². The average Bonchev–Trinajstić information content (AvgIpc) is 3.93. The molecule has 312 valence electrons. The van der Waals surface area contributed by atoms with Gasteiger partial charge >= 0.3 is 0 Å². The molecule has 1 aromatic heterocycles. The van der Waals surface area contributed by atoms with E-state index in [9.17, 15) is 0 Å². The maximum Gasteiger partial charge on any atom is 0.136 e.